The number of anilines is 1. The summed E-state index contributed by atoms with van der Waals surface area (Å²) >= 11 is 0. The van der Waals surface area contributed by atoms with Gasteiger partial charge in [0.2, 0.25) is 0 Å². The van der Waals surface area contributed by atoms with Crippen molar-refractivity contribution in [1.29, 1.82) is 5.26 Å². The summed E-state index contributed by atoms with van der Waals surface area (Å²) in [7, 11) is 0. The number of aliphatic hydroxyl groups is 1. The molecular formula is C14H19N3O. The molecule has 4 nitrogen and oxygen atoms in total. The second-order valence-electron chi connectivity index (χ2n) is 5.42. The highest BCUT2D eigenvalue weighted by Crippen LogP contribution is 2.24. The molecule has 1 fully saturated rings. The molecule has 0 bridgehead atoms. The van der Waals surface area contributed by atoms with Crippen molar-refractivity contribution in [3.63, 3.8) is 0 Å². The van der Waals surface area contributed by atoms with Crippen LogP contribution in [0.15, 0.2) is 24.3 Å². The first-order chi connectivity index (χ1) is 8.55. The standard InChI is InChI=1S/C14H19N3O/c1-14(2)10-17(8-12(9-18)16-14)13-6-4-3-5-11(13)7-15/h3-6,12,16,18H,8-10H2,1-2H3. The zero-order valence-corrected chi connectivity index (χ0v) is 10.8. The molecule has 2 rings (SSSR count). The number of aliphatic hydroxyl groups excluding tert-OH is 1. The minimum Gasteiger partial charge on any atom is -0.395 e. The highest BCUT2D eigenvalue weighted by Gasteiger charge is 2.32. The average Bonchev–Trinajstić information content (AvgIpc) is 2.36. The van der Waals surface area contributed by atoms with Crippen molar-refractivity contribution in [3.8, 4) is 6.07 Å². The van der Waals surface area contributed by atoms with E-state index < -0.39 is 0 Å². The first kappa shape index (κ1) is 12.9. The van der Waals surface area contributed by atoms with E-state index in [1.165, 1.54) is 0 Å². The third-order valence-corrected chi connectivity index (χ3v) is 3.21. The Morgan fingerprint density at radius 1 is 1.50 bits per heavy atom. The van der Waals surface area contributed by atoms with Gasteiger partial charge in [-0.2, -0.15) is 5.26 Å². The Morgan fingerprint density at radius 2 is 2.22 bits per heavy atom. The molecule has 96 valence electrons. The minimum absolute atomic E-state index is 0.0421. The van der Waals surface area contributed by atoms with Gasteiger partial charge < -0.3 is 15.3 Å². The maximum atomic E-state index is 9.36. The molecule has 1 aliphatic rings. The van der Waals surface area contributed by atoms with Gasteiger partial charge in [0.1, 0.15) is 6.07 Å². The van der Waals surface area contributed by atoms with E-state index in [0.717, 1.165) is 18.8 Å². The van der Waals surface area contributed by atoms with Crippen LogP contribution in [0.5, 0.6) is 0 Å². The molecule has 1 heterocycles. The summed E-state index contributed by atoms with van der Waals surface area (Å²) in [6, 6.07) is 9.89. The number of para-hydroxylation sites is 1. The van der Waals surface area contributed by atoms with Crippen LogP contribution in [0.4, 0.5) is 5.69 Å². The van der Waals surface area contributed by atoms with Crippen LogP contribution in [0.1, 0.15) is 19.4 Å². The van der Waals surface area contributed by atoms with Crippen molar-refractivity contribution in [2.45, 2.75) is 25.4 Å². The largest absolute Gasteiger partial charge is 0.395 e. The zero-order chi connectivity index (χ0) is 13.2. The van der Waals surface area contributed by atoms with Gasteiger partial charge in [-0.3, -0.25) is 0 Å². The summed E-state index contributed by atoms with van der Waals surface area (Å²) in [5, 5.41) is 21.9. The Kier molecular flexibility index (Phi) is 3.55. The molecule has 1 aliphatic heterocycles. The lowest BCUT2D eigenvalue weighted by Crippen LogP contribution is -2.63. The summed E-state index contributed by atoms with van der Waals surface area (Å²) in [6.07, 6.45) is 0. The Hall–Kier alpha value is -1.57. The van der Waals surface area contributed by atoms with Gasteiger partial charge >= 0.3 is 0 Å². The predicted molar refractivity (Wildman–Crippen MR) is 71.5 cm³/mol. The lowest BCUT2D eigenvalue weighted by atomic mass is 9.97. The van der Waals surface area contributed by atoms with Gasteiger partial charge in [-0.05, 0) is 26.0 Å². The molecule has 1 aromatic carbocycles. The molecule has 1 atom stereocenters. The number of benzene rings is 1. The first-order valence-corrected chi connectivity index (χ1v) is 6.18. The number of hydrogen-bond acceptors (Lipinski definition) is 4. The first-order valence-electron chi connectivity index (χ1n) is 6.18. The van der Waals surface area contributed by atoms with E-state index in [9.17, 15) is 5.11 Å². The summed E-state index contributed by atoms with van der Waals surface area (Å²) in [6.45, 7) is 5.86. The Morgan fingerprint density at radius 3 is 2.89 bits per heavy atom. The van der Waals surface area contributed by atoms with Gasteiger partial charge in [0, 0.05) is 24.7 Å². The fourth-order valence-electron chi connectivity index (χ4n) is 2.58. The molecular weight excluding hydrogens is 226 g/mol. The van der Waals surface area contributed by atoms with Crippen molar-refractivity contribution < 1.29 is 5.11 Å². The molecule has 0 spiro atoms. The Balaban J connectivity index is 2.30. The van der Waals surface area contributed by atoms with Crippen LogP contribution < -0.4 is 10.2 Å². The monoisotopic (exact) mass is 245 g/mol. The number of rotatable bonds is 2. The van der Waals surface area contributed by atoms with Gasteiger partial charge in [0.15, 0.2) is 0 Å². The number of hydrogen-bond donors (Lipinski definition) is 2. The summed E-state index contributed by atoms with van der Waals surface area (Å²) < 4.78 is 0. The van der Waals surface area contributed by atoms with Crippen LogP contribution in [0.2, 0.25) is 0 Å². The van der Waals surface area contributed by atoms with Gasteiger partial charge in [0.05, 0.1) is 17.9 Å². The third kappa shape index (κ3) is 2.63. The molecule has 1 saturated heterocycles. The van der Waals surface area contributed by atoms with Crippen molar-refractivity contribution in [2.24, 2.45) is 0 Å². The maximum absolute atomic E-state index is 9.36. The van der Waals surface area contributed by atoms with Crippen LogP contribution >= 0.6 is 0 Å². The summed E-state index contributed by atoms with van der Waals surface area (Å²) in [5.41, 5.74) is 1.56. The number of piperazine rings is 1. The van der Waals surface area contributed by atoms with E-state index in [4.69, 9.17) is 5.26 Å². The summed E-state index contributed by atoms with van der Waals surface area (Å²) in [5.74, 6) is 0. The van der Waals surface area contributed by atoms with Crippen molar-refractivity contribution in [3.05, 3.63) is 29.8 Å². The van der Waals surface area contributed by atoms with E-state index in [1.807, 2.05) is 24.3 Å². The lowest BCUT2D eigenvalue weighted by Gasteiger charge is -2.44. The van der Waals surface area contributed by atoms with Gasteiger partial charge in [0.25, 0.3) is 0 Å². The quantitative estimate of drug-likeness (QED) is 0.819. The molecule has 0 radical (unpaired) electrons. The van der Waals surface area contributed by atoms with Crippen LogP contribution in [0.3, 0.4) is 0 Å². The minimum atomic E-state index is -0.0752. The van der Waals surface area contributed by atoms with Crippen molar-refractivity contribution in [1.82, 2.24) is 5.32 Å². The van der Waals surface area contributed by atoms with Crippen molar-refractivity contribution >= 4 is 5.69 Å². The van der Waals surface area contributed by atoms with Crippen LogP contribution in [-0.2, 0) is 0 Å². The smallest absolute Gasteiger partial charge is 0.101 e. The van der Waals surface area contributed by atoms with Crippen LogP contribution in [0.25, 0.3) is 0 Å². The molecule has 0 saturated carbocycles. The Labute approximate surface area is 108 Å². The number of nitrogens with one attached hydrogen (secondary N) is 1. The number of nitrogens with zero attached hydrogens (tertiary/aromatic N) is 2. The van der Waals surface area contributed by atoms with E-state index in [-0.39, 0.29) is 18.2 Å². The third-order valence-electron chi connectivity index (χ3n) is 3.21. The predicted octanol–water partition coefficient (Wildman–Crippen LogP) is 1.11. The normalized spacial score (nSPS) is 22.6. The highest BCUT2D eigenvalue weighted by atomic mass is 16.3. The SMILES string of the molecule is CC1(C)CN(c2ccccc2C#N)CC(CO)N1. The summed E-state index contributed by atoms with van der Waals surface area (Å²) in [4.78, 5) is 2.18. The molecule has 0 aliphatic carbocycles. The second-order valence-corrected chi connectivity index (χ2v) is 5.42. The average molecular weight is 245 g/mol. The zero-order valence-electron chi connectivity index (χ0n) is 10.8. The van der Waals surface area contributed by atoms with E-state index >= 15 is 0 Å². The molecule has 1 unspecified atom stereocenters. The molecule has 0 aromatic heterocycles. The highest BCUT2D eigenvalue weighted by molar-refractivity contribution is 5.59. The van der Waals surface area contributed by atoms with Crippen LogP contribution in [-0.4, -0.2) is 36.4 Å². The molecule has 2 N–H and O–H groups in total. The topological polar surface area (TPSA) is 59.3 Å². The molecule has 4 heteroatoms. The molecule has 18 heavy (non-hydrogen) atoms. The maximum Gasteiger partial charge on any atom is 0.101 e. The lowest BCUT2D eigenvalue weighted by molar-refractivity contribution is 0.191. The Bertz CT molecular complexity index is 464. The van der Waals surface area contributed by atoms with E-state index in [0.29, 0.717) is 5.56 Å². The van der Waals surface area contributed by atoms with E-state index in [1.54, 1.807) is 0 Å². The fourth-order valence-corrected chi connectivity index (χ4v) is 2.58. The fraction of sp³-hybridized carbons (Fsp3) is 0.500. The van der Waals surface area contributed by atoms with Crippen molar-refractivity contribution in [2.75, 3.05) is 24.6 Å². The van der Waals surface area contributed by atoms with Crippen LogP contribution in [0, 0.1) is 11.3 Å². The second kappa shape index (κ2) is 4.97. The molecule has 1 aromatic rings. The van der Waals surface area contributed by atoms with Gasteiger partial charge in [-0.1, -0.05) is 12.1 Å². The van der Waals surface area contributed by atoms with Gasteiger partial charge in [-0.25, -0.2) is 0 Å². The van der Waals surface area contributed by atoms with Gasteiger partial charge in [-0.15, -0.1) is 0 Å². The van der Waals surface area contributed by atoms with E-state index in [2.05, 4.69) is 30.1 Å². The number of nitriles is 1. The molecule has 0 amide bonds.